The third-order valence-electron chi connectivity index (χ3n) is 4.89. The van der Waals surface area contributed by atoms with Crippen molar-refractivity contribution < 1.29 is 14.7 Å². The second-order valence-corrected chi connectivity index (χ2v) is 6.67. The molecule has 26 heavy (non-hydrogen) atoms. The van der Waals surface area contributed by atoms with Crippen molar-refractivity contribution in [3.63, 3.8) is 0 Å². The van der Waals surface area contributed by atoms with Crippen molar-refractivity contribution in [2.24, 2.45) is 0 Å². The number of nitrogens with one attached hydrogen (secondary N) is 1. The maximum atomic E-state index is 12.8. The summed E-state index contributed by atoms with van der Waals surface area (Å²) in [4.78, 5) is 27.5. The van der Waals surface area contributed by atoms with Gasteiger partial charge >= 0.3 is 0 Å². The predicted molar refractivity (Wildman–Crippen MR) is 101 cm³/mol. The zero-order valence-corrected chi connectivity index (χ0v) is 14.9. The van der Waals surface area contributed by atoms with Crippen LogP contribution in [0, 0.1) is 0 Å². The molecule has 1 heterocycles. The minimum Gasteiger partial charge on any atom is -0.393 e. The molecular formula is C21H24N2O3. The average molecular weight is 352 g/mol. The molecule has 2 aromatic rings. The quantitative estimate of drug-likeness (QED) is 0.812. The molecule has 1 aliphatic rings. The lowest BCUT2D eigenvalue weighted by Gasteiger charge is -2.33. The lowest BCUT2D eigenvalue weighted by atomic mass is 10.0. The van der Waals surface area contributed by atoms with Gasteiger partial charge in [-0.25, -0.2) is 0 Å². The number of anilines is 1. The molecule has 5 nitrogen and oxygen atoms in total. The van der Waals surface area contributed by atoms with Crippen LogP contribution in [0.25, 0.3) is 0 Å². The number of carbonyl (C=O) groups is 2. The summed E-state index contributed by atoms with van der Waals surface area (Å²) in [5.41, 5.74) is 1.59. The van der Waals surface area contributed by atoms with Gasteiger partial charge in [-0.2, -0.15) is 0 Å². The first kappa shape index (κ1) is 18.3. The van der Waals surface area contributed by atoms with E-state index < -0.39 is 0 Å². The summed E-state index contributed by atoms with van der Waals surface area (Å²) in [6, 6.07) is 15.8. The molecule has 0 aromatic heterocycles. The van der Waals surface area contributed by atoms with Crippen LogP contribution in [0.4, 0.5) is 5.69 Å². The van der Waals surface area contributed by atoms with Crippen molar-refractivity contribution in [1.29, 1.82) is 0 Å². The van der Waals surface area contributed by atoms with Gasteiger partial charge in [-0.1, -0.05) is 42.5 Å². The minimum atomic E-state index is -0.317. The van der Waals surface area contributed by atoms with E-state index in [4.69, 9.17) is 0 Å². The van der Waals surface area contributed by atoms with Crippen LogP contribution in [0.2, 0.25) is 0 Å². The van der Waals surface area contributed by atoms with E-state index >= 15 is 0 Å². The van der Waals surface area contributed by atoms with E-state index in [1.54, 1.807) is 36.4 Å². The van der Waals surface area contributed by atoms with Gasteiger partial charge in [0, 0.05) is 24.2 Å². The number of aliphatic hydroxyl groups excluding tert-OH is 1. The Morgan fingerprint density at radius 2 is 1.65 bits per heavy atom. The highest BCUT2D eigenvalue weighted by molar-refractivity contribution is 6.14. The lowest BCUT2D eigenvalue weighted by Crippen LogP contribution is -2.47. The zero-order valence-electron chi connectivity index (χ0n) is 14.9. The van der Waals surface area contributed by atoms with Crippen LogP contribution in [0.15, 0.2) is 54.6 Å². The molecule has 0 spiro atoms. The number of para-hydroxylation sites is 1. The van der Waals surface area contributed by atoms with Crippen LogP contribution < -0.4 is 5.32 Å². The summed E-state index contributed by atoms with van der Waals surface area (Å²) in [7, 11) is 0. The molecule has 3 rings (SSSR count). The fourth-order valence-corrected chi connectivity index (χ4v) is 3.21. The Bertz CT molecular complexity index is 768. The van der Waals surface area contributed by atoms with Crippen LogP contribution >= 0.6 is 0 Å². The van der Waals surface area contributed by atoms with Crippen molar-refractivity contribution in [3.8, 4) is 0 Å². The highest BCUT2D eigenvalue weighted by Gasteiger charge is 2.26. The number of carbonyl (C=O) groups excluding carboxylic acids is 2. The lowest BCUT2D eigenvalue weighted by molar-refractivity contribution is -0.121. The van der Waals surface area contributed by atoms with Crippen LogP contribution in [-0.2, 0) is 4.79 Å². The molecule has 0 saturated carbocycles. The molecule has 0 aliphatic carbocycles. The van der Waals surface area contributed by atoms with Gasteiger partial charge in [0.2, 0.25) is 5.91 Å². The highest BCUT2D eigenvalue weighted by atomic mass is 16.3. The molecule has 1 saturated heterocycles. The van der Waals surface area contributed by atoms with Gasteiger partial charge < -0.3 is 10.4 Å². The summed E-state index contributed by atoms with van der Waals surface area (Å²) in [6.07, 6.45) is 1.09. The number of amides is 1. The van der Waals surface area contributed by atoms with E-state index in [0.29, 0.717) is 42.7 Å². The van der Waals surface area contributed by atoms with Gasteiger partial charge in [0.15, 0.2) is 5.78 Å². The SMILES string of the molecule is CC(C(=O)Nc1ccccc1C(=O)c1ccccc1)N1CCC(O)CC1. The molecule has 2 aromatic carbocycles. The van der Waals surface area contributed by atoms with E-state index in [1.807, 2.05) is 25.1 Å². The Hall–Kier alpha value is -2.50. The van der Waals surface area contributed by atoms with Crippen molar-refractivity contribution in [1.82, 2.24) is 4.90 Å². The topological polar surface area (TPSA) is 69.6 Å². The molecule has 5 heteroatoms. The molecule has 1 amide bonds. The fraction of sp³-hybridized carbons (Fsp3) is 0.333. The van der Waals surface area contributed by atoms with E-state index in [2.05, 4.69) is 10.2 Å². The van der Waals surface area contributed by atoms with Crippen LogP contribution in [0.1, 0.15) is 35.7 Å². The fourth-order valence-electron chi connectivity index (χ4n) is 3.21. The number of nitrogens with zero attached hydrogens (tertiary/aromatic N) is 1. The minimum absolute atomic E-state index is 0.116. The summed E-state index contributed by atoms with van der Waals surface area (Å²) in [6.45, 7) is 3.25. The van der Waals surface area contributed by atoms with Crippen molar-refractivity contribution in [2.75, 3.05) is 18.4 Å². The predicted octanol–water partition coefficient (Wildman–Crippen LogP) is 2.70. The van der Waals surface area contributed by atoms with Crippen LogP contribution in [0.5, 0.6) is 0 Å². The zero-order chi connectivity index (χ0) is 18.5. The molecule has 1 atom stereocenters. The Morgan fingerprint density at radius 1 is 1.04 bits per heavy atom. The summed E-state index contributed by atoms with van der Waals surface area (Å²) >= 11 is 0. The van der Waals surface area contributed by atoms with Crippen molar-refractivity contribution in [3.05, 3.63) is 65.7 Å². The Morgan fingerprint density at radius 3 is 2.35 bits per heavy atom. The van der Waals surface area contributed by atoms with Gasteiger partial charge in [-0.15, -0.1) is 0 Å². The molecule has 1 aliphatic heterocycles. The smallest absolute Gasteiger partial charge is 0.241 e. The number of ketones is 1. The number of benzene rings is 2. The first-order chi connectivity index (χ1) is 12.6. The molecule has 136 valence electrons. The largest absolute Gasteiger partial charge is 0.393 e. The molecule has 1 fully saturated rings. The number of rotatable bonds is 5. The highest BCUT2D eigenvalue weighted by Crippen LogP contribution is 2.21. The second-order valence-electron chi connectivity index (χ2n) is 6.67. The molecule has 0 radical (unpaired) electrons. The van der Waals surface area contributed by atoms with Crippen molar-refractivity contribution in [2.45, 2.75) is 31.9 Å². The van der Waals surface area contributed by atoms with Gasteiger partial charge in [0.1, 0.15) is 0 Å². The first-order valence-corrected chi connectivity index (χ1v) is 8.98. The third kappa shape index (κ3) is 4.18. The second kappa shape index (κ2) is 8.25. The average Bonchev–Trinajstić information content (AvgIpc) is 2.68. The number of hydrogen-bond acceptors (Lipinski definition) is 4. The number of likely N-dealkylation sites (tertiary alicyclic amines) is 1. The van der Waals surface area contributed by atoms with Crippen molar-refractivity contribution >= 4 is 17.4 Å². The van der Waals surface area contributed by atoms with Gasteiger partial charge in [-0.3, -0.25) is 14.5 Å². The van der Waals surface area contributed by atoms with E-state index in [9.17, 15) is 14.7 Å². The van der Waals surface area contributed by atoms with Gasteiger partial charge in [0.05, 0.1) is 17.8 Å². The molecular weight excluding hydrogens is 328 g/mol. The first-order valence-electron chi connectivity index (χ1n) is 8.98. The molecule has 2 N–H and O–H groups in total. The Kier molecular flexibility index (Phi) is 5.81. The van der Waals surface area contributed by atoms with Crippen LogP contribution in [-0.4, -0.2) is 46.9 Å². The maximum absolute atomic E-state index is 12.8. The monoisotopic (exact) mass is 352 g/mol. The maximum Gasteiger partial charge on any atom is 0.241 e. The van der Waals surface area contributed by atoms with E-state index in [0.717, 1.165) is 0 Å². The van der Waals surface area contributed by atoms with Gasteiger partial charge in [-0.05, 0) is 31.9 Å². The molecule has 1 unspecified atom stereocenters. The number of hydrogen-bond donors (Lipinski definition) is 2. The van der Waals surface area contributed by atoms with Gasteiger partial charge in [0.25, 0.3) is 0 Å². The van der Waals surface area contributed by atoms with E-state index in [-0.39, 0.29) is 23.8 Å². The summed E-state index contributed by atoms with van der Waals surface area (Å²) < 4.78 is 0. The third-order valence-corrected chi connectivity index (χ3v) is 4.89. The number of aliphatic hydroxyl groups is 1. The number of piperidine rings is 1. The summed E-state index contributed by atoms with van der Waals surface area (Å²) in [5.74, 6) is -0.259. The van der Waals surface area contributed by atoms with Crippen LogP contribution in [0.3, 0.4) is 0 Å². The Labute approximate surface area is 153 Å². The normalized spacial score (nSPS) is 16.8. The standard InChI is InChI=1S/C21H24N2O3/c1-15(23-13-11-17(24)12-14-23)21(26)22-19-10-6-5-9-18(19)20(25)16-7-3-2-4-8-16/h2-10,15,17,24H,11-14H2,1H3,(H,22,26). The summed E-state index contributed by atoms with van der Waals surface area (Å²) in [5, 5.41) is 12.5. The molecule has 0 bridgehead atoms. The Balaban J connectivity index is 1.74. The van der Waals surface area contributed by atoms with E-state index in [1.165, 1.54) is 0 Å².